The topological polar surface area (TPSA) is 94.5 Å². The summed E-state index contributed by atoms with van der Waals surface area (Å²) in [6.07, 6.45) is 1.71. The number of H-pyrrole nitrogens is 1. The van der Waals surface area contributed by atoms with E-state index < -0.39 is 22.9 Å². The van der Waals surface area contributed by atoms with Crippen LogP contribution in [0.25, 0.3) is 10.9 Å². The number of methoxy groups -OCH3 is 1. The predicted molar refractivity (Wildman–Crippen MR) is 105 cm³/mol. The lowest BCUT2D eigenvalue weighted by atomic mass is 9.84. The van der Waals surface area contributed by atoms with Gasteiger partial charge >= 0.3 is 12.0 Å². The maximum Gasteiger partial charge on any atom is 0.382 e. The summed E-state index contributed by atoms with van der Waals surface area (Å²) in [7, 11) is 1.56. The molecule has 3 rings (SSSR count). The molecule has 0 radical (unpaired) electrons. The third-order valence-electron chi connectivity index (χ3n) is 4.76. The lowest BCUT2D eigenvalue weighted by Gasteiger charge is -2.20. The lowest BCUT2D eigenvalue weighted by molar-refractivity contribution is -0.513. The lowest BCUT2D eigenvalue weighted by Crippen LogP contribution is -2.37. The van der Waals surface area contributed by atoms with Gasteiger partial charge in [0.15, 0.2) is 0 Å². The van der Waals surface area contributed by atoms with Crippen LogP contribution in [0, 0.1) is 17.0 Å². The number of carbonyl (C=O) groups is 1. The highest BCUT2D eigenvalue weighted by Crippen LogP contribution is 2.36. The Morgan fingerprint density at radius 3 is 2.54 bits per heavy atom. The molecule has 0 amide bonds. The third-order valence-corrected chi connectivity index (χ3v) is 4.76. The summed E-state index contributed by atoms with van der Waals surface area (Å²) in [5.74, 6) is -1.03. The molecule has 1 unspecified atom stereocenters. The van der Waals surface area contributed by atoms with Crippen molar-refractivity contribution in [2.75, 3.05) is 13.7 Å². The van der Waals surface area contributed by atoms with E-state index in [1.54, 1.807) is 26.3 Å². The zero-order valence-corrected chi connectivity index (χ0v) is 16.0. The molecule has 0 aliphatic carbocycles. The van der Waals surface area contributed by atoms with Crippen molar-refractivity contribution in [3.05, 3.63) is 75.5 Å². The second kappa shape index (κ2) is 8.12. The molecule has 7 nitrogen and oxygen atoms in total. The van der Waals surface area contributed by atoms with Gasteiger partial charge in [0, 0.05) is 22.0 Å². The maximum absolute atomic E-state index is 12.5. The van der Waals surface area contributed by atoms with Crippen molar-refractivity contribution in [1.82, 2.24) is 4.98 Å². The molecule has 0 bridgehead atoms. The minimum Gasteiger partial charge on any atom is -0.497 e. The fourth-order valence-corrected chi connectivity index (χ4v) is 3.38. The number of aryl methyl sites for hydroxylation is 1. The smallest absolute Gasteiger partial charge is 0.382 e. The Kier molecular flexibility index (Phi) is 5.63. The van der Waals surface area contributed by atoms with Gasteiger partial charge in [0.05, 0.1) is 19.6 Å². The van der Waals surface area contributed by atoms with Gasteiger partial charge in [-0.25, -0.2) is 4.79 Å². The molecule has 0 aliphatic rings. The van der Waals surface area contributed by atoms with E-state index in [1.165, 1.54) is 0 Å². The van der Waals surface area contributed by atoms with Gasteiger partial charge in [-0.15, -0.1) is 0 Å². The molecule has 0 saturated carbocycles. The van der Waals surface area contributed by atoms with Crippen LogP contribution >= 0.6 is 0 Å². The molecule has 0 fully saturated rings. The molecule has 28 heavy (non-hydrogen) atoms. The van der Waals surface area contributed by atoms with Gasteiger partial charge in [0.2, 0.25) is 0 Å². The summed E-state index contributed by atoms with van der Waals surface area (Å²) in [4.78, 5) is 27.0. The van der Waals surface area contributed by atoms with Crippen LogP contribution < -0.4 is 4.74 Å². The molecule has 1 N–H and O–H groups in total. The molecule has 7 heteroatoms. The number of nitrogens with zero attached hydrogens (tertiary/aromatic N) is 1. The molecule has 0 aliphatic heterocycles. The van der Waals surface area contributed by atoms with Crippen LogP contribution in [-0.4, -0.2) is 35.6 Å². The highest BCUT2D eigenvalue weighted by atomic mass is 16.6. The fourth-order valence-electron chi connectivity index (χ4n) is 3.38. The molecule has 2 aromatic carbocycles. The average Bonchev–Trinajstić information content (AvgIpc) is 3.09. The van der Waals surface area contributed by atoms with Gasteiger partial charge in [-0.3, -0.25) is 10.1 Å². The van der Waals surface area contributed by atoms with Gasteiger partial charge in [0.1, 0.15) is 5.75 Å². The molecule has 146 valence electrons. The zero-order valence-electron chi connectivity index (χ0n) is 16.0. The van der Waals surface area contributed by atoms with E-state index >= 15 is 0 Å². The minimum absolute atomic E-state index is 0.0749. The van der Waals surface area contributed by atoms with E-state index in [9.17, 15) is 14.9 Å². The van der Waals surface area contributed by atoms with Crippen LogP contribution in [0.5, 0.6) is 5.75 Å². The van der Waals surface area contributed by atoms with E-state index in [1.807, 2.05) is 43.3 Å². The van der Waals surface area contributed by atoms with Crippen LogP contribution in [0.4, 0.5) is 0 Å². The number of hydrogen-bond acceptors (Lipinski definition) is 5. The van der Waals surface area contributed by atoms with Gasteiger partial charge in [0.25, 0.3) is 0 Å². The maximum atomic E-state index is 12.5. The molecule has 1 heterocycles. The summed E-state index contributed by atoms with van der Waals surface area (Å²) in [6, 6.07) is 11.3. The number of ether oxygens (including phenoxy) is 2. The van der Waals surface area contributed by atoms with Gasteiger partial charge in [-0.2, -0.15) is 0 Å². The number of fused-ring (bicyclic) bond motifs is 1. The van der Waals surface area contributed by atoms with Crippen molar-refractivity contribution in [3.63, 3.8) is 0 Å². The Balaban J connectivity index is 2.22. The van der Waals surface area contributed by atoms with Crippen LogP contribution in [0.15, 0.2) is 48.7 Å². The number of benzene rings is 2. The summed E-state index contributed by atoms with van der Waals surface area (Å²) in [5, 5.41) is 12.7. The Morgan fingerprint density at radius 2 is 1.93 bits per heavy atom. The van der Waals surface area contributed by atoms with Crippen molar-refractivity contribution in [1.29, 1.82) is 0 Å². The number of hydrogen-bond donors (Lipinski definition) is 1. The van der Waals surface area contributed by atoms with E-state index in [0.717, 1.165) is 16.5 Å². The van der Waals surface area contributed by atoms with Gasteiger partial charge in [-0.05, 0) is 43.2 Å². The Hall–Kier alpha value is -3.35. The van der Waals surface area contributed by atoms with E-state index in [0.29, 0.717) is 16.9 Å². The van der Waals surface area contributed by atoms with Crippen LogP contribution in [0.2, 0.25) is 0 Å². The second-order valence-corrected chi connectivity index (χ2v) is 6.53. The first-order chi connectivity index (χ1) is 13.5. The van der Waals surface area contributed by atoms with Crippen molar-refractivity contribution in [2.24, 2.45) is 0 Å². The van der Waals surface area contributed by atoms with Gasteiger partial charge in [-0.1, -0.05) is 29.8 Å². The SMILES string of the molecule is CCOC(=O)C([C@@H](c1ccc(C)cc1)c1c[nH]c2ccc(OC)cc12)[N+](=O)[O-]. The van der Waals surface area contributed by atoms with Crippen LogP contribution in [-0.2, 0) is 9.53 Å². The molecule has 3 aromatic rings. The molecular formula is C21H22N2O5. The summed E-state index contributed by atoms with van der Waals surface area (Å²) in [6.45, 7) is 3.64. The number of aromatic amines is 1. The Bertz CT molecular complexity index is 994. The fraction of sp³-hybridized carbons (Fsp3) is 0.286. The molecule has 0 saturated heterocycles. The number of rotatable bonds is 7. The number of nitro groups is 1. The van der Waals surface area contributed by atoms with Crippen molar-refractivity contribution >= 4 is 16.9 Å². The number of esters is 1. The Morgan fingerprint density at radius 1 is 1.21 bits per heavy atom. The molecule has 2 atom stereocenters. The largest absolute Gasteiger partial charge is 0.497 e. The van der Waals surface area contributed by atoms with E-state index in [4.69, 9.17) is 9.47 Å². The highest BCUT2D eigenvalue weighted by molar-refractivity contribution is 5.87. The van der Waals surface area contributed by atoms with Crippen molar-refractivity contribution < 1.29 is 19.2 Å². The minimum atomic E-state index is -1.56. The number of nitrogens with one attached hydrogen (secondary N) is 1. The van der Waals surface area contributed by atoms with E-state index in [-0.39, 0.29) is 6.61 Å². The zero-order chi connectivity index (χ0) is 20.3. The van der Waals surface area contributed by atoms with Crippen molar-refractivity contribution in [2.45, 2.75) is 25.8 Å². The number of carbonyl (C=O) groups excluding carboxylic acids is 1. The third kappa shape index (κ3) is 3.69. The van der Waals surface area contributed by atoms with Gasteiger partial charge < -0.3 is 14.5 Å². The Labute approximate surface area is 162 Å². The summed E-state index contributed by atoms with van der Waals surface area (Å²) >= 11 is 0. The molecule has 0 spiro atoms. The van der Waals surface area contributed by atoms with Crippen LogP contribution in [0.1, 0.15) is 29.5 Å². The standard InChI is InChI=1S/C21H22N2O5/c1-4-28-21(24)20(23(25)26)19(14-7-5-13(2)6-8-14)17-12-22-18-10-9-15(27-3)11-16(17)18/h5-12,19-20,22H,4H2,1-3H3/t19-,20?/m0/s1. The summed E-state index contributed by atoms with van der Waals surface area (Å²) in [5.41, 5.74) is 3.15. The average molecular weight is 382 g/mol. The van der Waals surface area contributed by atoms with Crippen molar-refractivity contribution in [3.8, 4) is 5.75 Å². The quantitative estimate of drug-likeness (QED) is 0.381. The molecular weight excluding hydrogens is 360 g/mol. The van der Waals surface area contributed by atoms with Crippen LogP contribution in [0.3, 0.4) is 0 Å². The predicted octanol–water partition coefficient (Wildman–Crippen LogP) is 3.83. The second-order valence-electron chi connectivity index (χ2n) is 6.53. The normalized spacial score (nSPS) is 13.1. The first-order valence-electron chi connectivity index (χ1n) is 8.98. The monoisotopic (exact) mass is 382 g/mol. The first-order valence-corrected chi connectivity index (χ1v) is 8.98. The molecule has 1 aromatic heterocycles. The first kappa shape index (κ1) is 19.4. The number of aromatic nitrogens is 1. The van der Waals surface area contributed by atoms with E-state index in [2.05, 4.69) is 4.98 Å². The summed E-state index contributed by atoms with van der Waals surface area (Å²) < 4.78 is 10.3. The highest BCUT2D eigenvalue weighted by Gasteiger charge is 2.43.